The first-order chi connectivity index (χ1) is 32.5. The minimum atomic E-state index is -0.154. The van der Waals surface area contributed by atoms with Crippen molar-refractivity contribution >= 4 is 5.84 Å². The van der Waals surface area contributed by atoms with Crippen LogP contribution in [-0.4, -0.2) is 54.3 Å². The monoisotopic (exact) mass is 879 g/mol. The van der Waals surface area contributed by atoms with Crippen LogP contribution in [0.4, 0.5) is 0 Å². The second kappa shape index (κ2) is 18.8. The van der Waals surface area contributed by atoms with E-state index in [0.29, 0.717) is 0 Å². The van der Waals surface area contributed by atoms with E-state index in [1.165, 1.54) is 83.6 Å². The van der Waals surface area contributed by atoms with Gasteiger partial charge in [0.05, 0.1) is 18.5 Å². The van der Waals surface area contributed by atoms with Crippen LogP contribution in [0.25, 0.3) is 44.5 Å². The number of hydrogen-bond donors (Lipinski definition) is 3. The molecule has 3 N–H and O–H groups in total. The Morgan fingerprint density at radius 3 is 1.48 bits per heavy atom. The summed E-state index contributed by atoms with van der Waals surface area (Å²) in [5.74, 6) is 0.896. The molecule has 0 aromatic heterocycles. The Morgan fingerprint density at radius 2 is 0.925 bits per heavy atom. The molecule has 0 radical (unpaired) electrons. The normalized spacial score (nSPS) is 21.3. The highest BCUT2D eigenvalue weighted by atomic mass is 15.5. The number of allylic oxidation sites excluding steroid dienone is 1. The number of nitrogens with one attached hydrogen (secondary N) is 3. The third kappa shape index (κ3) is 9.29. The first-order valence-corrected chi connectivity index (χ1v) is 23.6. The van der Waals surface area contributed by atoms with Gasteiger partial charge in [-0.1, -0.05) is 151 Å². The number of hydrogen-bond acceptors (Lipinski definition) is 7. The third-order valence-electron chi connectivity index (χ3n) is 13.8. The van der Waals surface area contributed by atoms with E-state index in [4.69, 9.17) is 0 Å². The highest BCUT2D eigenvalue weighted by Gasteiger charge is 2.40. The van der Waals surface area contributed by atoms with E-state index in [1.54, 1.807) is 0 Å². The first-order valence-electron chi connectivity index (χ1n) is 23.6. The van der Waals surface area contributed by atoms with Crippen molar-refractivity contribution < 1.29 is 0 Å². The van der Waals surface area contributed by atoms with Gasteiger partial charge in [0.1, 0.15) is 12.0 Å². The molecule has 0 aliphatic carbocycles. The summed E-state index contributed by atoms with van der Waals surface area (Å²) < 4.78 is 0. The number of likely N-dealkylation sites (N-methyl/N-ethyl adjacent to an activating group) is 1. The molecule has 0 saturated carbocycles. The maximum absolute atomic E-state index is 4.67. The minimum absolute atomic E-state index is 0.0548. The molecule has 0 amide bonds. The lowest BCUT2D eigenvalue weighted by Gasteiger charge is -2.51. The molecular weight excluding hydrogens is 819 g/mol. The Hall–Kier alpha value is -6.87. The minimum Gasteiger partial charge on any atom is -0.370 e. The molecule has 1 fully saturated rings. The van der Waals surface area contributed by atoms with Crippen molar-refractivity contribution in [1.82, 2.24) is 30.7 Å². The van der Waals surface area contributed by atoms with Gasteiger partial charge in [0.25, 0.3) is 0 Å². The van der Waals surface area contributed by atoms with Gasteiger partial charge in [-0.3, -0.25) is 20.0 Å². The van der Waals surface area contributed by atoms with Gasteiger partial charge in [-0.05, 0) is 152 Å². The second-order valence-electron chi connectivity index (χ2n) is 18.8. The summed E-state index contributed by atoms with van der Waals surface area (Å²) in [4.78, 5) is 12.0. The molecule has 67 heavy (non-hydrogen) atoms. The summed E-state index contributed by atoms with van der Waals surface area (Å²) in [5.41, 5.74) is 19.2. The number of nitrogens with zero attached hydrogens (tertiary/aromatic N) is 4. The molecule has 0 bridgehead atoms. The fourth-order valence-corrected chi connectivity index (χ4v) is 9.97. The molecule has 3 heterocycles. The summed E-state index contributed by atoms with van der Waals surface area (Å²) in [6.07, 6.45) is 6.03. The Kier molecular flexibility index (Phi) is 12.3. The quantitative estimate of drug-likeness (QED) is 0.134. The van der Waals surface area contributed by atoms with Crippen LogP contribution in [0, 0.1) is 13.8 Å². The third-order valence-corrected chi connectivity index (χ3v) is 13.8. The van der Waals surface area contributed by atoms with Crippen LogP contribution in [-0.2, 0) is 0 Å². The largest absolute Gasteiger partial charge is 0.370 e. The lowest BCUT2D eigenvalue weighted by atomic mass is 9.91. The number of benzene rings is 7. The highest BCUT2D eigenvalue weighted by molar-refractivity contribution is 6.00. The second-order valence-corrected chi connectivity index (χ2v) is 18.8. The van der Waals surface area contributed by atoms with Crippen molar-refractivity contribution in [2.24, 2.45) is 4.99 Å². The lowest BCUT2D eigenvalue weighted by molar-refractivity contribution is -0.0660. The molecule has 0 spiro atoms. The molecular formula is C60H61N7. The number of aliphatic imine (C=N–C) groups is 1. The Morgan fingerprint density at radius 1 is 0.463 bits per heavy atom. The maximum atomic E-state index is 4.67. The standard InChI is InChI=1S/C60H61N7/c1-39-14-18-43(19-15-39)49-10-8-12-51(34-49)53-36-54(52-13-9-11-50(35-52)44-20-16-40(2)17-21-44)38-55(37-53)59-64-58(47-24-22-45(23-25-47)56-61-32-30-41(3)62-56)66(6)60(67(59)7)48-28-26-46(27-29-48)57-63-42(4)31-33-65(57)5/h8-32,34-38,41,57-60,63-64H,33H2,1-7H3,(H,61,62). The Balaban J connectivity index is 1.09. The number of amidine groups is 1. The van der Waals surface area contributed by atoms with Gasteiger partial charge >= 0.3 is 0 Å². The predicted molar refractivity (Wildman–Crippen MR) is 278 cm³/mol. The summed E-state index contributed by atoms with van der Waals surface area (Å²) in [6.45, 7) is 9.50. The number of rotatable bonds is 9. The topological polar surface area (TPSA) is 58.2 Å². The molecule has 10 rings (SSSR count). The van der Waals surface area contributed by atoms with Crippen LogP contribution < -0.4 is 16.0 Å². The van der Waals surface area contributed by atoms with Crippen molar-refractivity contribution in [2.45, 2.75) is 58.4 Å². The van der Waals surface area contributed by atoms with Crippen LogP contribution in [0.3, 0.4) is 0 Å². The molecule has 336 valence electrons. The highest BCUT2D eigenvalue weighted by Crippen LogP contribution is 2.43. The van der Waals surface area contributed by atoms with E-state index >= 15 is 0 Å². The zero-order chi connectivity index (χ0) is 46.2. The van der Waals surface area contributed by atoms with Gasteiger partial charge in [0, 0.05) is 30.0 Å². The molecule has 5 unspecified atom stereocenters. The molecule has 3 aliphatic rings. The smallest absolute Gasteiger partial charge is 0.133 e. The van der Waals surface area contributed by atoms with Gasteiger partial charge < -0.3 is 10.6 Å². The van der Waals surface area contributed by atoms with Crippen LogP contribution in [0.15, 0.2) is 193 Å². The fraction of sp³-hybridized carbons (Fsp3) is 0.217. The van der Waals surface area contributed by atoms with E-state index in [9.17, 15) is 0 Å². The van der Waals surface area contributed by atoms with Gasteiger partial charge in [-0.25, -0.2) is 4.99 Å². The lowest BCUT2D eigenvalue weighted by Crippen LogP contribution is -2.55. The van der Waals surface area contributed by atoms with Gasteiger partial charge in [0.15, 0.2) is 0 Å². The molecule has 7 heteroatoms. The molecule has 1 saturated heterocycles. The Bertz CT molecular complexity index is 2860. The average Bonchev–Trinajstić information content (AvgIpc) is 3.35. The van der Waals surface area contributed by atoms with Crippen LogP contribution >= 0.6 is 0 Å². The van der Waals surface area contributed by atoms with Crippen molar-refractivity contribution in [2.75, 3.05) is 27.7 Å². The maximum Gasteiger partial charge on any atom is 0.133 e. The summed E-state index contributed by atoms with van der Waals surface area (Å²) in [7, 11) is 6.69. The van der Waals surface area contributed by atoms with E-state index < -0.39 is 0 Å². The van der Waals surface area contributed by atoms with Gasteiger partial charge in [-0.15, -0.1) is 0 Å². The predicted octanol–water partition coefficient (Wildman–Crippen LogP) is 12.5. The molecule has 5 atom stereocenters. The SMILES string of the molecule is CC1=CCN(C)C(c2ccc(C3N(C)C(c4ccc(C5=NC=CC(C)N5)cc4)NC(c4cc(-c5cccc(-c6ccc(C)cc6)c5)cc(-c5cccc(-c6ccc(C)cc6)c5)c4)N3C)cc2)N1. The molecule has 7 aromatic rings. The van der Waals surface area contributed by atoms with Crippen LogP contribution in [0.2, 0.25) is 0 Å². The Labute approximate surface area is 397 Å². The van der Waals surface area contributed by atoms with E-state index in [2.05, 4.69) is 260 Å². The first kappa shape index (κ1) is 44.0. The van der Waals surface area contributed by atoms with E-state index in [1.807, 2.05) is 6.20 Å². The van der Waals surface area contributed by atoms with Gasteiger partial charge in [-0.2, -0.15) is 0 Å². The van der Waals surface area contributed by atoms with Crippen LogP contribution in [0.5, 0.6) is 0 Å². The zero-order valence-corrected chi connectivity index (χ0v) is 39.7. The van der Waals surface area contributed by atoms with E-state index in [0.717, 1.165) is 17.9 Å². The zero-order valence-electron chi connectivity index (χ0n) is 39.7. The summed E-state index contributed by atoms with van der Waals surface area (Å²) in [5, 5.41) is 11.4. The average molecular weight is 880 g/mol. The van der Waals surface area contributed by atoms with Crippen LogP contribution in [0.1, 0.15) is 77.5 Å². The summed E-state index contributed by atoms with van der Waals surface area (Å²) >= 11 is 0. The number of aryl methyl sites for hydroxylation is 2. The van der Waals surface area contributed by atoms with Crippen molar-refractivity contribution in [3.8, 4) is 44.5 Å². The van der Waals surface area contributed by atoms with Crippen molar-refractivity contribution in [1.29, 1.82) is 0 Å². The molecule has 3 aliphatic heterocycles. The molecule has 7 nitrogen and oxygen atoms in total. The van der Waals surface area contributed by atoms with Crippen molar-refractivity contribution in [3.63, 3.8) is 0 Å². The van der Waals surface area contributed by atoms with Crippen molar-refractivity contribution in [3.05, 3.63) is 227 Å². The fourth-order valence-electron chi connectivity index (χ4n) is 9.97. The molecule has 7 aromatic carbocycles. The van der Waals surface area contributed by atoms with Gasteiger partial charge in [0.2, 0.25) is 0 Å². The summed E-state index contributed by atoms with van der Waals surface area (Å²) in [6, 6.07) is 61.3. The van der Waals surface area contributed by atoms with E-state index in [-0.39, 0.29) is 30.7 Å².